The molecule has 0 aliphatic rings. The monoisotopic (exact) mass is 340 g/mol. The van der Waals surface area contributed by atoms with E-state index in [2.05, 4.69) is 34.9 Å². The van der Waals surface area contributed by atoms with Crippen LogP contribution in [0.15, 0.2) is 30.5 Å². The fraction of sp³-hybridized carbons (Fsp3) is 0.400. The highest BCUT2D eigenvalue weighted by atomic mass is 79.9. The molecular weight excluding hydrogens is 323 g/mol. The predicted molar refractivity (Wildman–Crippen MR) is 80.6 cm³/mol. The summed E-state index contributed by atoms with van der Waals surface area (Å²) in [5.41, 5.74) is 1.67. The first-order valence-electron chi connectivity index (χ1n) is 6.65. The molecule has 1 aromatic heterocycles. The second-order valence-electron chi connectivity index (χ2n) is 4.72. The van der Waals surface area contributed by atoms with Crippen LogP contribution in [-0.2, 0) is 11.9 Å². The quantitative estimate of drug-likeness (QED) is 0.725. The fourth-order valence-electron chi connectivity index (χ4n) is 1.83. The van der Waals surface area contributed by atoms with E-state index in [1.165, 1.54) is 12.1 Å². The van der Waals surface area contributed by atoms with Gasteiger partial charge in [-0.3, -0.25) is 4.68 Å². The van der Waals surface area contributed by atoms with Crippen LogP contribution in [0.4, 0.5) is 4.39 Å². The van der Waals surface area contributed by atoms with Crippen LogP contribution >= 0.6 is 15.9 Å². The van der Waals surface area contributed by atoms with Crippen LogP contribution in [0.2, 0.25) is 0 Å². The van der Waals surface area contributed by atoms with Gasteiger partial charge >= 0.3 is 0 Å². The highest BCUT2D eigenvalue weighted by Gasteiger charge is 2.08. The number of halogens is 2. The van der Waals surface area contributed by atoms with Crippen molar-refractivity contribution >= 4 is 15.9 Å². The van der Waals surface area contributed by atoms with Crippen LogP contribution < -0.4 is 4.74 Å². The number of hydrogen-bond donors (Lipinski definition) is 0. The van der Waals surface area contributed by atoms with Crippen molar-refractivity contribution in [3.8, 4) is 5.75 Å². The zero-order chi connectivity index (χ0) is 14.5. The van der Waals surface area contributed by atoms with Crippen molar-refractivity contribution in [3.05, 3.63) is 47.5 Å². The van der Waals surface area contributed by atoms with Gasteiger partial charge in [0.1, 0.15) is 18.2 Å². The lowest BCUT2D eigenvalue weighted by molar-refractivity contribution is 0.295. The molecule has 1 atom stereocenters. The largest absolute Gasteiger partial charge is 0.487 e. The molecule has 20 heavy (non-hydrogen) atoms. The molecule has 1 aromatic carbocycles. The molecule has 3 nitrogen and oxygen atoms in total. The Bertz CT molecular complexity index is 571. The van der Waals surface area contributed by atoms with Gasteiger partial charge in [0.15, 0.2) is 0 Å². The van der Waals surface area contributed by atoms with Crippen LogP contribution in [-0.4, -0.2) is 9.78 Å². The van der Waals surface area contributed by atoms with Crippen molar-refractivity contribution in [2.24, 2.45) is 0 Å². The van der Waals surface area contributed by atoms with Crippen molar-refractivity contribution in [3.63, 3.8) is 0 Å². The minimum Gasteiger partial charge on any atom is -0.487 e. The Balaban J connectivity index is 2.03. The lowest BCUT2D eigenvalue weighted by Crippen LogP contribution is -2.06. The maximum absolute atomic E-state index is 13.1. The second-order valence-corrected chi connectivity index (χ2v) is 5.28. The fourth-order valence-corrected chi connectivity index (χ4v) is 2.27. The van der Waals surface area contributed by atoms with Crippen LogP contribution in [0.1, 0.15) is 37.6 Å². The van der Waals surface area contributed by atoms with E-state index >= 15 is 0 Å². The number of nitrogens with zero attached hydrogens (tertiary/aromatic N) is 2. The zero-order valence-corrected chi connectivity index (χ0v) is 13.2. The maximum Gasteiger partial charge on any atom is 0.132 e. The van der Waals surface area contributed by atoms with Crippen LogP contribution in [0.25, 0.3) is 0 Å². The topological polar surface area (TPSA) is 27.1 Å². The highest BCUT2D eigenvalue weighted by molar-refractivity contribution is 9.08. The van der Waals surface area contributed by atoms with E-state index in [4.69, 9.17) is 4.74 Å². The number of rotatable bonds is 6. The Hall–Kier alpha value is -1.36. The van der Waals surface area contributed by atoms with Crippen LogP contribution in [0.5, 0.6) is 5.75 Å². The normalized spacial score (nSPS) is 12.4. The van der Waals surface area contributed by atoms with Gasteiger partial charge in [-0.05, 0) is 37.6 Å². The van der Waals surface area contributed by atoms with E-state index in [1.54, 1.807) is 6.07 Å². The van der Waals surface area contributed by atoms with Gasteiger partial charge in [0.05, 0.1) is 5.69 Å². The van der Waals surface area contributed by atoms with E-state index in [-0.39, 0.29) is 5.82 Å². The molecule has 1 unspecified atom stereocenters. The first-order chi connectivity index (χ1) is 9.63. The first kappa shape index (κ1) is 15.0. The molecule has 108 valence electrons. The molecule has 0 radical (unpaired) electrons. The van der Waals surface area contributed by atoms with Crippen molar-refractivity contribution in [2.45, 2.75) is 38.2 Å². The number of ether oxygens (including phenoxy) is 1. The molecule has 0 amide bonds. The third-order valence-electron chi connectivity index (χ3n) is 3.25. The van der Waals surface area contributed by atoms with Gasteiger partial charge in [-0.2, -0.15) is 5.10 Å². The van der Waals surface area contributed by atoms with Crippen molar-refractivity contribution in [1.82, 2.24) is 9.78 Å². The molecule has 2 aromatic rings. The summed E-state index contributed by atoms with van der Waals surface area (Å²) >= 11 is 3.33. The summed E-state index contributed by atoms with van der Waals surface area (Å²) in [6.07, 6.45) is 3.00. The van der Waals surface area contributed by atoms with Gasteiger partial charge in [-0.25, -0.2) is 4.39 Å². The molecule has 2 rings (SSSR count). The van der Waals surface area contributed by atoms with Gasteiger partial charge in [0.2, 0.25) is 0 Å². The van der Waals surface area contributed by atoms with E-state index in [0.717, 1.165) is 17.7 Å². The van der Waals surface area contributed by atoms with E-state index < -0.39 is 0 Å². The Labute approximate surface area is 126 Å². The Morgan fingerprint density at radius 3 is 2.90 bits per heavy atom. The minimum absolute atomic E-state index is 0.257. The number of hydrogen-bond acceptors (Lipinski definition) is 2. The van der Waals surface area contributed by atoms with Gasteiger partial charge < -0.3 is 4.74 Å². The summed E-state index contributed by atoms with van der Waals surface area (Å²) in [7, 11) is 0. The summed E-state index contributed by atoms with van der Waals surface area (Å²) in [4.78, 5) is 0. The van der Waals surface area contributed by atoms with E-state index in [9.17, 15) is 4.39 Å². The Morgan fingerprint density at radius 1 is 1.40 bits per heavy atom. The minimum atomic E-state index is -0.257. The van der Waals surface area contributed by atoms with Crippen LogP contribution in [0.3, 0.4) is 0 Å². The van der Waals surface area contributed by atoms with Crippen molar-refractivity contribution in [1.29, 1.82) is 0 Å². The summed E-state index contributed by atoms with van der Waals surface area (Å²) in [5.74, 6) is 0.425. The van der Waals surface area contributed by atoms with Gasteiger partial charge in [0.25, 0.3) is 0 Å². The average molecular weight is 341 g/mol. The third kappa shape index (κ3) is 3.60. The zero-order valence-electron chi connectivity index (χ0n) is 11.6. The molecule has 0 N–H and O–H groups in total. The average Bonchev–Trinajstić information content (AvgIpc) is 2.93. The summed E-state index contributed by atoms with van der Waals surface area (Å²) in [6, 6.07) is 6.86. The molecule has 1 heterocycles. The van der Waals surface area contributed by atoms with Gasteiger partial charge in [0, 0.05) is 23.1 Å². The van der Waals surface area contributed by atoms with E-state index in [0.29, 0.717) is 23.7 Å². The molecule has 5 heteroatoms. The molecule has 0 saturated carbocycles. The summed E-state index contributed by atoms with van der Waals surface area (Å²) in [5, 5.41) is 5.03. The third-order valence-corrected chi connectivity index (χ3v) is 3.85. The molecule has 0 bridgehead atoms. The molecule has 0 aliphatic carbocycles. The molecular formula is C15H18BrFN2O. The number of alkyl halides is 1. The number of benzene rings is 1. The Morgan fingerprint density at radius 2 is 2.20 bits per heavy atom. The van der Waals surface area contributed by atoms with Crippen LogP contribution in [0, 0.1) is 5.82 Å². The summed E-state index contributed by atoms with van der Waals surface area (Å²) < 4.78 is 20.8. The lowest BCUT2D eigenvalue weighted by atomic mass is 10.2. The van der Waals surface area contributed by atoms with Gasteiger partial charge in [-0.15, -0.1) is 0 Å². The first-order valence-corrected chi connectivity index (χ1v) is 7.77. The highest BCUT2D eigenvalue weighted by Crippen LogP contribution is 2.23. The van der Waals surface area contributed by atoms with Gasteiger partial charge in [-0.1, -0.05) is 22.9 Å². The molecule has 0 saturated heterocycles. The lowest BCUT2D eigenvalue weighted by Gasteiger charge is -2.10. The predicted octanol–water partition coefficient (Wildman–Crippen LogP) is 4.47. The standard InChI is InChI=1S/C15H18BrFN2O/c1-3-11(2)19-7-6-14(18-19)10-20-15-5-4-13(17)8-12(15)9-16/h4-8,11H,3,9-10H2,1-2H3. The van der Waals surface area contributed by atoms with E-state index in [1.807, 2.05) is 16.9 Å². The SMILES string of the molecule is CCC(C)n1ccc(COc2ccc(F)cc2CBr)n1. The van der Waals surface area contributed by atoms with Crippen molar-refractivity contribution < 1.29 is 9.13 Å². The Kier molecular flexibility index (Phi) is 5.17. The number of aromatic nitrogens is 2. The molecule has 0 fully saturated rings. The smallest absolute Gasteiger partial charge is 0.132 e. The van der Waals surface area contributed by atoms with Crippen molar-refractivity contribution in [2.75, 3.05) is 0 Å². The molecule has 0 aliphatic heterocycles. The summed E-state index contributed by atoms with van der Waals surface area (Å²) in [6.45, 7) is 4.64. The second kappa shape index (κ2) is 6.88. The maximum atomic E-state index is 13.1. The molecule has 0 spiro atoms.